The fourth-order valence-corrected chi connectivity index (χ4v) is 4.02. The van der Waals surface area contributed by atoms with Crippen molar-refractivity contribution in [3.63, 3.8) is 0 Å². The van der Waals surface area contributed by atoms with Crippen molar-refractivity contribution in [2.24, 2.45) is 0 Å². The molecule has 1 fully saturated rings. The summed E-state index contributed by atoms with van der Waals surface area (Å²) in [6.45, 7) is 5.62. The Morgan fingerprint density at radius 2 is 1.68 bits per heavy atom. The molecule has 1 heterocycles. The van der Waals surface area contributed by atoms with E-state index in [9.17, 15) is 19.1 Å². The molecule has 0 spiro atoms. The van der Waals surface area contributed by atoms with Crippen molar-refractivity contribution < 1.29 is 28.6 Å². The van der Waals surface area contributed by atoms with E-state index in [1.807, 2.05) is 32.8 Å². The zero-order valence-corrected chi connectivity index (χ0v) is 20.0. The molecule has 1 aliphatic heterocycles. The van der Waals surface area contributed by atoms with Crippen LogP contribution in [0, 0.1) is 5.82 Å². The van der Waals surface area contributed by atoms with Crippen LogP contribution >= 0.6 is 0 Å². The SMILES string of the molecule is CCOc1ccc([C@@H]2/C(=C(\O)c3ccc(F)cc3)C(=O)C(=O)N2CCCN(C)C)cc1OCC. The molecule has 34 heavy (non-hydrogen) atoms. The summed E-state index contributed by atoms with van der Waals surface area (Å²) in [5, 5.41) is 11.1. The third-order valence-electron chi connectivity index (χ3n) is 5.55. The average Bonchev–Trinajstić information content (AvgIpc) is 3.05. The Morgan fingerprint density at radius 3 is 2.29 bits per heavy atom. The molecule has 1 aliphatic rings. The van der Waals surface area contributed by atoms with E-state index in [0.717, 1.165) is 6.54 Å². The number of rotatable bonds is 10. The van der Waals surface area contributed by atoms with Crippen LogP contribution in [-0.2, 0) is 9.59 Å². The van der Waals surface area contributed by atoms with Crippen LogP contribution in [0.5, 0.6) is 11.5 Å². The predicted octanol–water partition coefficient (Wildman–Crippen LogP) is 4.00. The van der Waals surface area contributed by atoms with Gasteiger partial charge in [-0.1, -0.05) is 6.07 Å². The molecule has 1 N–H and O–H groups in total. The fourth-order valence-electron chi connectivity index (χ4n) is 4.02. The highest BCUT2D eigenvalue weighted by Crippen LogP contribution is 2.42. The van der Waals surface area contributed by atoms with Crippen molar-refractivity contribution in [3.05, 3.63) is 65.0 Å². The monoisotopic (exact) mass is 470 g/mol. The molecule has 3 rings (SSSR count). The molecule has 1 amide bonds. The second-order valence-corrected chi connectivity index (χ2v) is 8.23. The number of carbonyl (C=O) groups is 2. The number of Topliss-reactive ketones (excluding diaryl/α,β-unsaturated/α-hetero) is 1. The van der Waals surface area contributed by atoms with Gasteiger partial charge in [0.2, 0.25) is 0 Å². The molecule has 7 nitrogen and oxygen atoms in total. The van der Waals surface area contributed by atoms with E-state index in [1.54, 1.807) is 18.2 Å². The Hall–Kier alpha value is -3.39. The van der Waals surface area contributed by atoms with Gasteiger partial charge in [0, 0.05) is 12.1 Å². The van der Waals surface area contributed by atoms with Crippen molar-refractivity contribution in [3.8, 4) is 11.5 Å². The fraction of sp³-hybridized carbons (Fsp3) is 0.385. The summed E-state index contributed by atoms with van der Waals surface area (Å²) in [4.78, 5) is 29.6. The largest absolute Gasteiger partial charge is 0.507 e. The van der Waals surface area contributed by atoms with Crippen LogP contribution in [0.2, 0.25) is 0 Å². The molecular weight excluding hydrogens is 439 g/mol. The number of hydrogen-bond acceptors (Lipinski definition) is 6. The number of ketones is 1. The van der Waals surface area contributed by atoms with Crippen molar-refractivity contribution in [1.29, 1.82) is 0 Å². The highest BCUT2D eigenvalue weighted by atomic mass is 19.1. The van der Waals surface area contributed by atoms with Crippen LogP contribution in [-0.4, -0.2) is 67.0 Å². The standard InChI is InChI=1S/C26H31FN2O5/c1-5-33-20-13-10-18(16-21(20)34-6-2)23-22(24(30)17-8-11-19(27)12-9-17)25(31)26(32)29(23)15-7-14-28(3)4/h8-13,16,23,30H,5-7,14-15H2,1-4H3/b24-22+/t23-/m1/s1. The molecule has 0 radical (unpaired) electrons. The number of likely N-dealkylation sites (tertiary alicyclic amines) is 1. The zero-order chi connectivity index (χ0) is 24.8. The predicted molar refractivity (Wildman–Crippen MR) is 127 cm³/mol. The number of nitrogens with zero attached hydrogens (tertiary/aromatic N) is 2. The summed E-state index contributed by atoms with van der Waals surface area (Å²) in [5.41, 5.74) is 0.835. The number of benzene rings is 2. The Bertz CT molecular complexity index is 1070. The van der Waals surface area contributed by atoms with Crippen molar-refractivity contribution in [2.75, 3.05) is 40.4 Å². The smallest absolute Gasteiger partial charge is 0.295 e. The minimum absolute atomic E-state index is 0.0342. The maximum atomic E-state index is 13.4. The van der Waals surface area contributed by atoms with Gasteiger partial charge in [0.05, 0.1) is 24.8 Å². The Morgan fingerprint density at radius 1 is 1.03 bits per heavy atom. The van der Waals surface area contributed by atoms with E-state index in [1.165, 1.54) is 29.2 Å². The first kappa shape index (κ1) is 25.2. The van der Waals surface area contributed by atoms with Gasteiger partial charge in [-0.2, -0.15) is 0 Å². The van der Waals surface area contributed by atoms with Crippen LogP contribution < -0.4 is 9.47 Å². The topological polar surface area (TPSA) is 79.3 Å². The Kier molecular flexibility index (Phi) is 8.28. The van der Waals surface area contributed by atoms with E-state index < -0.39 is 23.5 Å². The van der Waals surface area contributed by atoms with Crippen LogP contribution in [0.25, 0.3) is 5.76 Å². The van der Waals surface area contributed by atoms with Crippen molar-refractivity contribution >= 4 is 17.4 Å². The van der Waals surface area contributed by atoms with Gasteiger partial charge in [0.25, 0.3) is 11.7 Å². The molecule has 1 saturated heterocycles. The zero-order valence-electron chi connectivity index (χ0n) is 20.0. The Balaban J connectivity index is 2.13. The third kappa shape index (κ3) is 5.39. The van der Waals surface area contributed by atoms with Gasteiger partial charge >= 0.3 is 0 Å². The van der Waals surface area contributed by atoms with Crippen LogP contribution in [0.4, 0.5) is 4.39 Å². The number of halogens is 1. The maximum absolute atomic E-state index is 13.4. The first-order valence-corrected chi connectivity index (χ1v) is 11.4. The normalized spacial score (nSPS) is 17.5. The first-order chi connectivity index (χ1) is 16.3. The van der Waals surface area contributed by atoms with E-state index in [0.29, 0.717) is 43.2 Å². The summed E-state index contributed by atoms with van der Waals surface area (Å²) in [7, 11) is 3.86. The number of aliphatic hydroxyl groups excluding tert-OH is 1. The van der Waals surface area contributed by atoms with E-state index in [-0.39, 0.29) is 16.9 Å². The molecule has 0 unspecified atom stereocenters. The number of aliphatic hydroxyl groups is 1. The minimum atomic E-state index is -0.818. The maximum Gasteiger partial charge on any atom is 0.295 e. The Labute approximate surface area is 199 Å². The molecule has 0 aromatic heterocycles. The third-order valence-corrected chi connectivity index (χ3v) is 5.55. The molecule has 2 aromatic carbocycles. The molecule has 182 valence electrons. The van der Waals surface area contributed by atoms with Gasteiger partial charge in [-0.3, -0.25) is 9.59 Å². The minimum Gasteiger partial charge on any atom is -0.507 e. The quantitative estimate of drug-likeness (QED) is 0.321. The molecule has 0 aliphatic carbocycles. The van der Waals surface area contributed by atoms with Gasteiger partial charge in [-0.05, 0) is 82.9 Å². The molecule has 8 heteroatoms. The molecule has 2 aromatic rings. The van der Waals surface area contributed by atoms with Crippen LogP contribution in [0.15, 0.2) is 48.0 Å². The highest BCUT2D eigenvalue weighted by Gasteiger charge is 2.46. The first-order valence-electron chi connectivity index (χ1n) is 11.4. The summed E-state index contributed by atoms with van der Waals surface area (Å²) in [5.74, 6) is -1.23. The second kappa shape index (κ2) is 11.2. The summed E-state index contributed by atoms with van der Waals surface area (Å²) >= 11 is 0. The average molecular weight is 471 g/mol. The summed E-state index contributed by atoms with van der Waals surface area (Å²) in [6.07, 6.45) is 0.641. The molecule has 1 atom stereocenters. The number of ether oxygens (including phenoxy) is 2. The highest BCUT2D eigenvalue weighted by molar-refractivity contribution is 6.46. The molecule has 0 bridgehead atoms. The lowest BCUT2D eigenvalue weighted by Crippen LogP contribution is -2.32. The van der Waals surface area contributed by atoms with Crippen molar-refractivity contribution in [2.45, 2.75) is 26.3 Å². The van der Waals surface area contributed by atoms with E-state index >= 15 is 0 Å². The van der Waals surface area contributed by atoms with E-state index in [4.69, 9.17) is 9.47 Å². The lowest BCUT2D eigenvalue weighted by Gasteiger charge is -2.26. The van der Waals surface area contributed by atoms with Crippen molar-refractivity contribution in [1.82, 2.24) is 9.80 Å². The van der Waals surface area contributed by atoms with Gasteiger partial charge in [-0.15, -0.1) is 0 Å². The second-order valence-electron chi connectivity index (χ2n) is 8.23. The summed E-state index contributed by atoms with van der Waals surface area (Å²) in [6, 6.07) is 9.57. The molecular formula is C26H31FN2O5. The number of amides is 1. The van der Waals surface area contributed by atoms with Gasteiger partial charge in [0.15, 0.2) is 11.5 Å². The van der Waals surface area contributed by atoms with Crippen LogP contribution in [0.3, 0.4) is 0 Å². The molecule has 0 saturated carbocycles. The lowest BCUT2D eigenvalue weighted by molar-refractivity contribution is -0.139. The van der Waals surface area contributed by atoms with E-state index in [2.05, 4.69) is 0 Å². The van der Waals surface area contributed by atoms with Gasteiger partial charge < -0.3 is 24.4 Å². The van der Waals surface area contributed by atoms with Gasteiger partial charge in [0.1, 0.15) is 11.6 Å². The summed E-state index contributed by atoms with van der Waals surface area (Å²) < 4.78 is 24.8. The number of carbonyl (C=O) groups excluding carboxylic acids is 2. The van der Waals surface area contributed by atoms with Gasteiger partial charge in [-0.25, -0.2) is 4.39 Å². The van der Waals surface area contributed by atoms with Crippen LogP contribution in [0.1, 0.15) is 37.4 Å². The number of hydrogen-bond donors (Lipinski definition) is 1. The lowest BCUT2D eigenvalue weighted by atomic mass is 9.95.